The maximum Gasteiger partial charge on any atom is 0.303 e. The molecule has 0 radical (unpaired) electrons. The summed E-state index contributed by atoms with van der Waals surface area (Å²) in [4.78, 5) is 31.9. The van der Waals surface area contributed by atoms with Crippen molar-refractivity contribution in [2.24, 2.45) is 0 Å². The van der Waals surface area contributed by atoms with Gasteiger partial charge in [0.2, 0.25) is 12.3 Å². The van der Waals surface area contributed by atoms with E-state index < -0.39 is 5.97 Å². The lowest BCUT2D eigenvalue weighted by atomic mass is 10.1. The molecular formula is C18H34N2O7. The summed E-state index contributed by atoms with van der Waals surface area (Å²) < 4.78 is 15.9. The van der Waals surface area contributed by atoms with E-state index in [4.69, 9.17) is 19.3 Å². The van der Waals surface area contributed by atoms with E-state index in [0.717, 1.165) is 25.7 Å². The number of hydrogen-bond donors (Lipinski definition) is 3. The van der Waals surface area contributed by atoms with Crippen LogP contribution >= 0.6 is 0 Å². The summed E-state index contributed by atoms with van der Waals surface area (Å²) in [7, 11) is 0. The molecule has 0 rings (SSSR count). The summed E-state index contributed by atoms with van der Waals surface area (Å²) in [5.41, 5.74) is 0. The Balaban J connectivity index is 3.17. The monoisotopic (exact) mass is 390 g/mol. The first-order chi connectivity index (χ1) is 13.2. The molecule has 0 unspecified atom stereocenters. The summed E-state index contributed by atoms with van der Waals surface area (Å²) in [5, 5.41) is 13.9. The van der Waals surface area contributed by atoms with Crippen LogP contribution in [0.2, 0.25) is 0 Å². The van der Waals surface area contributed by atoms with E-state index in [9.17, 15) is 14.4 Å². The van der Waals surface area contributed by atoms with E-state index in [1.165, 1.54) is 0 Å². The highest BCUT2D eigenvalue weighted by Gasteiger charge is 2.01. The van der Waals surface area contributed by atoms with Crippen LogP contribution in [0.3, 0.4) is 0 Å². The summed E-state index contributed by atoms with van der Waals surface area (Å²) in [5.74, 6) is -0.774. The molecule has 0 aromatic carbocycles. The predicted molar refractivity (Wildman–Crippen MR) is 99.5 cm³/mol. The zero-order valence-corrected chi connectivity index (χ0v) is 16.1. The summed E-state index contributed by atoms with van der Waals surface area (Å²) in [6.07, 6.45) is 5.71. The van der Waals surface area contributed by atoms with Crippen molar-refractivity contribution in [1.82, 2.24) is 10.6 Å². The van der Waals surface area contributed by atoms with Crippen LogP contribution in [0.4, 0.5) is 0 Å². The fraction of sp³-hybridized carbons (Fsp3) is 0.833. The Hall–Kier alpha value is -1.71. The molecule has 0 bridgehead atoms. The first-order valence-electron chi connectivity index (χ1n) is 9.55. The number of amides is 2. The number of unbranched alkanes of at least 4 members (excludes halogenated alkanes) is 4. The van der Waals surface area contributed by atoms with Gasteiger partial charge in [-0.15, -0.1) is 0 Å². The van der Waals surface area contributed by atoms with Gasteiger partial charge in [-0.3, -0.25) is 14.4 Å². The minimum Gasteiger partial charge on any atom is -0.481 e. The van der Waals surface area contributed by atoms with Crippen LogP contribution in [0, 0.1) is 0 Å². The van der Waals surface area contributed by atoms with Crippen molar-refractivity contribution < 1.29 is 33.7 Å². The molecule has 0 aliphatic rings. The van der Waals surface area contributed by atoms with Crippen LogP contribution in [-0.2, 0) is 28.6 Å². The number of carboxylic acid groups (broad SMARTS) is 1. The van der Waals surface area contributed by atoms with Crippen molar-refractivity contribution in [1.29, 1.82) is 0 Å². The number of carbonyl (C=O) groups is 3. The number of aliphatic carboxylic acids is 1. The molecule has 0 aliphatic heterocycles. The lowest BCUT2D eigenvalue weighted by Crippen LogP contribution is -2.25. The SMILES string of the molecule is O=CNCCOCCOCCOCCC(=O)NCCCCCCCC(=O)O. The number of ether oxygens (including phenoxy) is 3. The van der Waals surface area contributed by atoms with Gasteiger partial charge in [0.05, 0.1) is 39.6 Å². The summed E-state index contributed by atoms with van der Waals surface area (Å²) >= 11 is 0. The summed E-state index contributed by atoms with van der Waals surface area (Å²) in [6, 6.07) is 0. The van der Waals surface area contributed by atoms with E-state index in [-0.39, 0.29) is 12.3 Å². The third kappa shape index (κ3) is 22.2. The molecule has 27 heavy (non-hydrogen) atoms. The van der Waals surface area contributed by atoms with Gasteiger partial charge in [0.15, 0.2) is 0 Å². The summed E-state index contributed by atoms with van der Waals surface area (Å²) in [6.45, 7) is 3.74. The Labute approximate surface area is 161 Å². The lowest BCUT2D eigenvalue weighted by Gasteiger charge is -2.07. The number of nitrogens with one attached hydrogen (secondary N) is 2. The van der Waals surface area contributed by atoms with Gasteiger partial charge in [-0.05, 0) is 12.8 Å². The average molecular weight is 390 g/mol. The minimum absolute atomic E-state index is 0.0286. The first kappa shape index (κ1) is 25.3. The van der Waals surface area contributed by atoms with Crippen molar-refractivity contribution in [3.8, 4) is 0 Å². The van der Waals surface area contributed by atoms with Crippen LogP contribution in [-0.4, -0.2) is 76.1 Å². The van der Waals surface area contributed by atoms with E-state index in [1.54, 1.807) is 0 Å². The maximum absolute atomic E-state index is 11.6. The highest BCUT2D eigenvalue weighted by Crippen LogP contribution is 2.04. The molecule has 0 aliphatic carbocycles. The molecule has 0 heterocycles. The Morgan fingerprint density at radius 3 is 2.00 bits per heavy atom. The Morgan fingerprint density at radius 1 is 0.741 bits per heavy atom. The van der Waals surface area contributed by atoms with Crippen molar-refractivity contribution in [3.63, 3.8) is 0 Å². The predicted octanol–water partition coefficient (Wildman–Crippen LogP) is 0.714. The van der Waals surface area contributed by atoms with Crippen molar-refractivity contribution in [2.75, 3.05) is 52.7 Å². The Bertz CT molecular complexity index is 381. The van der Waals surface area contributed by atoms with Crippen LogP contribution in [0.25, 0.3) is 0 Å². The molecule has 0 spiro atoms. The van der Waals surface area contributed by atoms with Crippen molar-refractivity contribution in [2.45, 2.75) is 44.9 Å². The highest BCUT2D eigenvalue weighted by atomic mass is 16.5. The first-order valence-corrected chi connectivity index (χ1v) is 9.55. The molecule has 0 fully saturated rings. The average Bonchev–Trinajstić information content (AvgIpc) is 2.64. The van der Waals surface area contributed by atoms with E-state index >= 15 is 0 Å². The molecule has 158 valence electrons. The molecule has 0 aromatic heterocycles. The third-order valence-corrected chi connectivity index (χ3v) is 3.58. The molecule has 9 nitrogen and oxygen atoms in total. The smallest absolute Gasteiger partial charge is 0.303 e. The zero-order valence-electron chi connectivity index (χ0n) is 16.1. The van der Waals surface area contributed by atoms with Gasteiger partial charge in [-0.25, -0.2) is 0 Å². The highest BCUT2D eigenvalue weighted by molar-refractivity contribution is 5.75. The largest absolute Gasteiger partial charge is 0.481 e. The lowest BCUT2D eigenvalue weighted by molar-refractivity contribution is -0.137. The Kier molecular flexibility index (Phi) is 19.3. The zero-order chi connectivity index (χ0) is 20.0. The Morgan fingerprint density at radius 2 is 1.33 bits per heavy atom. The van der Waals surface area contributed by atoms with E-state index in [2.05, 4.69) is 10.6 Å². The van der Waals surface area contributed by atoms with Gasteiger partial charge in [0, 0.05) is 25.9 Å². The molecule has 0 saturated heterocycles. The fourth-order valence-electron chi connectivity index (χ4n) is 2.14. The number of carbonyl (C=O) groups excluding carboxylic acids is 2. The topological polar surface area (TPSA) is 123 Å². The van der Waals surface area contributed by atoms with Gasteiger partial charge >= 0.3 is 5.97 Å². The minimum atomic E-state index is -0.745. The van der Waals surface area contributed by atoms with Crippen LogP contribution in [0.15, 0.2) is 0 Å². The third-order valence-electron chi connectivity index (χ3n) is 3.58. The number of hydrogen-bond acceptors (Lipinski definition) is 6. The van der Waals surface area contributed by atoms with E-state index in [1.807, 2.05) is 0 Å². The molecular weight excluding hydrogens is 356 g/mol. The maximum atomic E-state index is 11.6. The molecule has 0 aromatic rings. The number of carboxylic acids is 1. The molecule has 0 saturated carbocycles. The van der Waals surface area contributed by atoms with Crippen molar-refractivity contribution in [3.05, 3.63) is 0 Å². The van der Waals surface area contributed by atoms with Crippen molar-refractivity contribution >= 4 is 18.3 Å². The van der Waals surface area contributed by atoms with E-state index in [0.29, 0.717) is 72.0 Å². The van der Waals surface area contributed by atoms with Gasteiger partial charge in [-0.2, -0.15) is 0 Å². The second kappa shape index (κ2) is 20.6. The molecule has 0 atom stereocenters. The molecule has 3 N–H and O–H groups in total. The second-order valence-corrected chi connectivity index (χ2v) is 5.92. The van der Waals surface area contributed by atoms with Gasteiger partial charge in [-0.1, -0.05) is 19.3 Å². The molecule has 9 heteroatoms. The standard InChI is InChI=1S/C18H34N2O7/c21-16-19-9-11-26-13-15-27-14-12-25-10-7-17(22)20-8-5-3-1-2-4-6-18(23)24/h16H,1-15H2,(H,19,21)(H,20,22)(H,23,24). The fourth-order valence-corrected chi connectivity index (χ4v) is 2.14. The number of rotatable bonds is 21. The van der Waals surface area contributed by atoms with Crippen LogP contribution in [0.5, 0.6) is 0 Å². The van der Waals surface area contributed by atoms with Gasteiger partial charge < -0.3 is 30.0 Å². The quantitative estimate of drug-likeness (QED) is 0.195. The normalized spacial score (nSPS) is 10.5. The van der Waals surface area contributed by atoms with Crippen LogP contribution < -0.4 is 10.6 Å². The second-order valence-electron chi connectivity index (χ2n) is 5.92. The van der Waals surface area contributed by atoms with Gasteiger partial charge in [0.25, 0.3) is 0 Å². The molecule has 2 amide bonds. The van der Waals surface area contributed by atoms with Crippen LogP contribution in [0.1, 0.15) is 44.9 Å². The van der Waals surface area contributed by atoms with Gasteiger partial charge in [0.1, 0.15) is 0 Å².